The number of hydrogen-bond acceptors (Lipinski definition) is 6. The Morgan fingerprint density at radius 2 is 1.77 bits per heavy atom. The minimum Gasteiger partial charge on any atom is -0.482 e. The number of carbonyl (C=O) groups excluding carboxylic acids is 1. The first-order valence-corrected chi connectivity index (χ1v) is 10.2. The Kier molecular flexibility index (Phi) is 5.92. The predicted octanol–water partition coefficient (Wildman–Crippen LogP) is 4.65. The van der Waals surface area contributed by atoms with Crippen LogP contribution in [0.4, 0.5) is 0 Å². The summed E-state index contributed by atoms with van der Waals surface area (Å²) in [6.45, 7) is -0.234. The average Bonchev–Trinajstić information content (AvgIpc) is 2.78. The third-order valence-electron chi connectivity index (χ3n) is 4.74. The van der Waals surface area contributed by atoms with Crippen molar-refractivity contribution in [1.29, 1.82) is 5.26 Å². The molecular formula is C24H17BrN2O4. The molecule has 7 heteroatoms. The standard InChI is InChI=1S/C24H17BrN2O4/c25-20-9-5-4-8-17(20)23-18-11-10-16(12-21(18)31-24(27)19(23)13-26)30-22(28)14-29-15-6-2-1-3-7-15/h1-12,23H,14,27H2. The maximum absolute atomic E-state index is 12.2. The second-order valence-electron chi connectivity index (χ2n) is 6.72. The zero-order valence-corrected chi connectivity index (χ0v) is 17.8. The van der Waals surface area contributed by atoms with Crippen molar-refractivity contribution in [2.75, 3.05) is 6.61 Å². The lowest BCUT2D eigenvalue weighted by Crippen LogP contribution is -2.22. The molecule has 1 aliphatic rings. The van der Waals surface area contributed by atoms with E-state index in [-0.39, 0.29) is 12.5 Å². The highest BCUT2D eigenvalue weighted by Crippen LogP contribution is 2.45. The van der Waals surface area contributed by atoms with Crippen LogP contribution in [0.25, 0.3) is 0 Å². The van der Waals surface area contributed by atoms with Crippen LogP contribution in [0.2, 0.25) is 0 Å². The number of nitrogens with two attached hydrogens (primary N) is 1. The number of hydrogen-bond donors (Lipinski definition) is 1. The fourth-order valence-electron chi connectivity index (χ4n) is 3.35. The van der Waals surface area contributed by atoms with Gasteiger partial charge in [-0.15, -0.1) is 0 Å². The number of benzene rings is 3. The summed E-state index contributed by atoms with van der Waals surface area (Å²) in [4.78, 5) is 12.2. The number of para-hydroxylation sites is 1. The number of carbonyl (C=O) groups is 1. The van der Waals surface area contributed by atoms with E-state index in [1.54, 1.807) is 30.3 Å². The first-order chi connectivity index (χ1) is 15.1. The Morgan fingerprint density at radius 1 is 1.03 bits per heavy atom. The summed E-state index contributed by atoms with van der Waals surface area (Å²) in [6.07, 6.45) is 0. The molecule has 0 radical (unpaired) electrons. The van der Waals surface area contributed by atoms with E-state index in [1.807, 2.05) is 42.5 Å². The van der Waals surface area contributed by atoms with Gasteiger partial charge < -0.3 is 19.9 Å². The van der Waals surface area contributed by atoms with Gasteiger partial charge >= 0.3 is 5.97 Å². The quantitative estimate of drug-likeness (QED) is 0.425. The van der Waals surface area contributed by atoms with Crippen molar-refractivity contribution in [3.8, 4) is 23.3 Å². The molecule has 3 aromatic carbocycles. The molecule has 154 valence electrons. The molecule has 0 amide bonds. The lowest BCUT2D eigenvalue weighted by atomic mass is 9.83. The molecule has 6 nitrogen and oxygen atoms in total. The third kappa shape index (κ3) is 4.39. The van der Waals surface area contributed by atoms with Crippen LogP contribution in [-0.2, 0) is 4.79 Å². The number of nitrogens with zero attached hydrogens (tertiary/aromatic N) is 1. The normalized spacial score (nSPS) is 14.8. The summed E-state index contributed by atoms with van der Waals surface area (Å²) in [6, 6.07) is 23.8. The van der Waals surface area contributed by atoms with Crippen molar-refractivity contribution in [1.82, 2.24) is 0 Å². The number of fused-ring (bicyclic) bond motifs is 1. The molecule has 0 spiro atoms. The van der Waals surface area contributed by atoms with Gasteiger partial charge in [0, 0.05) is 16.1 Å². The van der Waals surface area contributed by atoms with Crippen LogP contribution in [-0.4, -0.2) is 12.6 Å². The van der Waals surface area contributed by atoms with Gasteiger partial charge in [0.1, 0.15) is 28.9 Å². The van der Waals surface area contributed by atoms with Gasteiger partial charge in [-0.1, -0.05) is 58.4 Å². The summed E-state index contributed by atoms with van der Waals surface area (Å²) < 4.78 is 17.3. The molecule has 31 heavy (non-hydrogen) atoms. The van der Waals surface area contributed by atoms with Crippen molar-refractivity contribution in [3.05, 3.63) is 99.9 Å². The minimum absolute atomic E-state index is 0.0200. The van der Waals surface area contributed by atoms with E-state index in [0.717, 1.165) is 15.6 Å². The van der Waals surface area contributed by atoms with Crippen LogP contribution >= 0.6 is 15.9 Å². The van der Waals surface area contributed by atoms with Gasteiger partial charge in [0.2, 0.25) is 5.88 Å². The van der Waals surface area contributed by atoms with Crippen LogP contribution in [0, 0.1) is 11.3 Å². The molecule has 1 atom stereocenters. The van der Waals surface area contributed by atoms with Crippen LogP contribution in [0.1, 0.15) is 17.0 Å². The Morgan fingerprint density at radius 3 is 2.52 bits per heavy atom. The van der Waals surface area contributed by atoms with E-state index in [2.05, 4.69) is 22.0 Å². The van der Waals surface area contributed by atoms with Crippen molar-refractivity contribution < 1.29 is 19.0 Å². The van der Waals surface area contributed by atoms with E-state index >= 15 is 0 Å². The number of ether oxygens (including phenoxy) is 3. The highest BCUT2D eigenvalue weighted by atomic mass is 79.9. The highest BCUT2D eigenvalue weighted by molar-refractivity contribution is 9.10. The van der Waals surface area contributed by atoms with E-state index in [9.17, 15) is 10.1 Å². The van der Waals surface area contributed by atoms with Gasteiger partial charge in [-0.25, -0.2) is 4.79 Å². The SMILES string of the molecule is N#CC1=C(N)Oc2cc(OC(=O)COc3ccccc3)ccc2C1c1ccccc1Br. The van der Waals surface area contributed by atoms with E-state index in [0.29, 0.717) is 22.8 Å². The summed E-state index contributed by atoms with van der Waals surface area (Å²) in [7, 11) is 0. The zero-order chi connectivity index (χ0) is 21.8. The maximum atomic E-state index is 12.2. The molecule has 0 bridgehead atoms. The molecular weight excluding hydrogens is 460 g/mol. The van der Waals surface area contributed by atoms with Crippen LogP contribution in [0.3, 0.4) is 0 Å². The minimum atomic E-state index is -0.553. The summed E-state index contributed by atoms with van der Waals surface area (Å²) in [5.41, 5.74) is 7.99. The smallest absolute Gasteiger partial charge is 0.349 e. The van der Waals surface area contributed by atoms with E-state index in [1.165, 1.54) is 0 Å². The molecule has 1 heterocycles. The van der Waals surface area contributed by atoms with Gasteiger partial charge in [-0.3, -0.25) is 0 Å². The Hall–Kier alpha value is -3.76. The molecule has 0 saturated heterocycles. The summed E-state index contributed by atoms with van der Waals surface area (Å²) in [5, 5.41) is 9.67. The largest absolute Gasteiger partial charge is 0.482 e. The van der Waals surface area contributed by atoms with E-state index in [4.69, 9.17) is 19.9 Å². The molecule has 3 aromatic rings. The van der Waals surface area contributed by atoms with Gasteiger partial charge in [0.15, 0.2) is 6.61 Å². The topological polar surface area (TPSA) is 94.6 Å². The van der Waals surface area contributed by atoms with Crippen molar-refractivity contribution >= 4 is 21.9 Å². The Balaban J connectivity index is 1.58. The van der Waals surface area contributed by atoms with Gasteiger partial charge in [0.05, 0.1) is 5.92 Å². The first-order valence-electron chi connectivity index (χ1n) is 9.41. The summed E-state index contributed by atoms with van der Waals surface area (Å²) in [5.74, 6) is 0.350. The molecule has 0 saturated carbocycles. The lowest BCUT2D eigenvalue weighted by Gasteiger charge is -2.27. The van der Waals surface area contributed by atoms with Gasteiger partial charge in [0.25, 0.3) is 0 Å². The molecule has 0 aliphatic carbocycles. The van der Waals surface area contributed by atoms with Crippen LogP contribution in [0.15, 0.2) is 88.7 Å². The fraction of sp³-hybridized carbons (Fsp3) is 0.0833. The maximum Gasteiger partial charge on any atom is 0.349 e. The molecule has 0 aromatic heterocycles. The fourth-order valence-corrected chi connectivity index (χ4v) is 3.86. The van der Waals surface area contributed by atoms with Gasteiger partial charge in [-0.05, 0) is 29.8 Å². The predicted molar refractivity (Wildman–Crippen MR) is 117 cm³/mol. The second-order valence-corrected chi connectivity index (χ2v) is 7.58. The van der Waals surface area contributed by atoms with Gasteiger partial charge in [-0.2, -0.15) is 5.26 Å². The van der Waals surface area contributed by atoms with Crippen molar-refractivity contribution in [2.24, 2.45) is 5.73 Å². The number of halogens is 1. The second kappa shape index (κ2) is 8.94. The molecule has 1 unspecified atom stereocenters. The molecule has 4 rings (SSSR count). The lowest BCUT2D eigenvalue weighted by molar-refractivity contribution is -0.136. The number of nitriles is 1. The number of allylic oxidation sites excluding steroid dienone is 1. The molecule has 0 fully saturated rings. The first kappa shape index (κ1) is 20.5. The molecule has 2 N–H and O–H groups in total. The monoisotopic (exact) mass is 476 g/mol. The highest BCUT2D eigenvalue weighted by Gasteiger charge is 2.32. The Labute approximate surface area is 187 Å². The van der Waals surface area contributed by atoms with Crippen LogP contribution in [0.5, 0.6) is 17.2 Å². The average molecular weight is 477 g/mol. The van der Waals surface area contributed by atoms with Crippen LogP contribution < -0.4 is 19.9 Å². The van der Waals surface area contributed by atoms with Crippen molar-refractivity contribution in [3.63, 3.8) is 0 Å². The van der Waals surface area contributed by atoms with E-state index < -0.39 is 11.9 Å². The Bertz CT molecular complexity index is 1200. The summed E-state index contributed by atoms with van der Waals surface area (Å²) >= 11 is 3.55. The zero-order valence-electron chi connectivity index (χ0n) is 16.2. The van der Waals surface area contributed by atoms with Crippen molar-refractivity contribution in [2.45, 2.75) is 5.92 Å². The number of esters is 1. The molecule has 1 aliphatic heterocycles. The third-order valence-corrected chi connectivity index (χ3v) is 5.46. The number of rotatable bonds is 5.